The summed E-state index contributed by atoms with van der Waals surface area (Å²) in [5.41, 5.74) is 4.10. The fourth-order valence-corrected chi connectivity index (χ4v) is 3.16. The van der Waals surface area contributed by atoms with E-state index < -0.39 is 0 Å². The summed E-state index contributed by atoms with van der Waals surface area (Å²) in [4.78, 5) is 14.6. The molecule has 0 aliphatic rings. The fourth-order valence-electron chi connectivity index (χ4n) is 3.16. The lowest BCUT2D eigenvalue weighted by atomic mass is 10.2. The molecule has 1 aromatic carbocycles. The molecule has 0 saturated carbocycles. The molecule has 0 aliphatic heterocycles. The first kappa shape index (κ1) is 15.6. The smallest absolute Gasteiger partial charge is 0.267 e. The maximum atomic E-state index is 12.5. The lowest BCUT2D eigenvalue weighted by Crippen LogP contribution is -2.28. The highest BCUT2D eigenvalue weighted by Gasteiger charge is 2.18. The number of carbonyl (C=O) groups excluding carboxylic acids is 1. The highest BCUT2D eigenvalue weighted by atomic mass is 16.1. The average Bonchev–Trinajstić information content (AvgIpc) is 3.01. The topological polar surface area (TPSA) is 42.2 Å². The zero-order chi connectivity index (χ0) is 16.6. The molecule has 2 aromatic heterocycles. The Bertz CT molecular complexity index is 857. The normalized spacial score (nSPS) is 11.7. The average molecular weight is 312 g/mol. The highest BCUT2D eigenvalue weighted by Crippen LogP contribution is 2.30. The Balaban J connectivity index is 1.89. The standard InChI is InChI=1S/C18H24N4O/c1-20(2)11-7-10-19-18(23)16-12-15-17(22(16)4)13-8-5-6-9-14(13)21(15)3/h5-6,8-9,12H,7,10-11H2,1-4H3,(H,19,23). The third-order valence-corrected chi connectivity index (χ3v) is 4.40. The molecule has 2 heterocycles. The number of nitrogens with one attached hydrogen (secondary N) is 1. The van der Waals surface area contributed by atoms with Crippen molar-refractivity contribution in [2.75, 3.05) is 27.2 Å². The SMILES string of the molecule is CN(C)CCCNC(=O)c1cc2c(c3ccccc3n2C)n1C. The lowest BCUT2D eigenvalue weighted by Gasteiger charge is -2.10. The number of aryl methyl sites for hydroxylation is 2. The van der Waals surface area contributed by atoms with Crippen LogP contribution in [0.4, 0.5) is 0 Å². The second-order valence-electron chi connectivity index (χ2n) is 6.31. The van der Waals surface area contributed by atoms with Crippen molar-refractivity contribution in [3.05, 3.63) is 36.0 Å². The number of para-hydroxylation sites is 1. The van der Waals surface area contributed by atoms with E-state index in [4.69, 9.17) is 0 Å². The largest absolute Gasteiger partial charge is 0.351 e. The predicted molar refractivity (Wildman–Crippen MR) is 94.9 cm³/mol. The molecule has 1 amide bonds. The molecule has 5 heteroatoms. The van der Waals surface area contributed by atoms with Gasteiger partial charge in [0.2, 0.25) is 0 Å². The van der Waals surface area contributed by atoms with Gasteiger partial charge in [0.25, 0.3) is 5.91 Å². The molecule has 3 aromatic rings. The van der Waals surface area contributed by atoms with Crippen LogP contribution in [0.1, 0.15) is 16.9 Å². The molecule has 0 fully saturated rings. The van der Waals surface area contributed by atoms with Crippen LogP contribution in [0.25, 0.3) is 21.9 Å². The van der Waals surface area contributed by atoms with Crippen LogP contribution in [0.5, 0.6) is 0 Å². The van der Waals surface area contributed by atoms with Gasteiger partial charge < -0.3 is 19.4 Å². The highest BCUT2D eigenvalue weighted by molar-refractivity contribution is 6.10. The van der Waals surface area contributed by atoms with Gasteiger partial charge in [0.15, 0.2) is 0 Å². The molecule has 5 nitrogen and oxygen atoms in total. The van der Waals surface area contributed by atoms with E-state index in [1.54, 1.807) is 0 Å². The van der Waals surface area contributed by atoms with Crippen LogP contribution >= 0.6 is 0 Å². The molecule has 3 rings (SSSR count). The van der Waals surface area contributed by atoms with Crippen molar-refractivity contribution < 1.29 is 4.79 Å². The summed E-state index contributed by atoms with van der Waals surface area (Å²) >= 11 is 0. The zero-order valence-electron chi connectivity index (χ0n) is 14.3. The van der Waals surface area contributed by atoms with E-state index in [1.807, 2.05) is 51.0 Å². The summed E-state index contributed by atoms with van der Waals surface area (Å²) in [6, 6.07) is 10.3. The first-order valence-corrected chi connectivity index (χ1v) is 7.96. The third-order valence-electron chi connectivity index (χ3n) is 4.40. The van der Waals surface area contributed by atoms with Gasteiger partial charge in [-0.05, 0) is 39.2 Å². The van der Waals surface area contributed by atoms with Crippen LogP contribution in [0.15, 0.2) is 30.3 Å². The number of hydrogen-bond acceptors (Lipinski definition) is 2. The summed E-state index contributed by atoms with van der Waals surface area (Å²) in [6.45, 7) is 1.67. The van der Waals surface area contributed by atoms with Gasteiger partial charge in [0.05, 0.1) is 16.6 Å². The number of rotatable bonds is 5. The predicted octanol–water partition coefficient (Wildman–Crippen LogP) is 2.35. The van der Waals surface area contributed by atoms with Crippen LogP contribution < -0.4 is 5.32 Å². The molecule has 0 atom stereocenters. The van der Waals surface area contributed by atoms with Crippen LogP contribution in [-0.4, -0.2) is 47.1 Å². The van der Waals surface area contributed by atoms with Crippen molar-refractivity contribution in [3.8, 4) is 0 Å². The van der Waals surface area contributed by atoms with Crippen molar-refractivity contribution in [3.63, 3.8) is 0 Å². The quantitative estimate of drug-likeness (QED) is 0.735. The number of amides is 1. The number of fused-ring (bicyclic) bond motifs is 3. The Kier molecular flexibility index (Phi) is 4.13. The first-order chi connectivity index (χ1) is 11.0. The Labute approximate surface area is 136 Å². The molecule has 0 aliphatic carbocycles. The van der Waals surface area contributed by atoms with E-state index in [-0.39, 0.29) is 5.91 Å². The zero-order valence-corrected chi connectivity index (χ0v) is 14.3. The van der Waals surface area contributed by atoms with Gasteiger partial charge in [-0.1, -0.05) is 18.2 Å². The van der Waals surface area contributed by atoms with Gasteiger partial charge in [-0.15, -0.1) is 0 Å². The maximum Gasteiger partial charge on any atom is 0.267 e. The van der Waals surface area contributed by atoms with Crippen molar-refractivity contribution in [2.45, 2.75) is 6.42 Å². The lowest BCUT2D eigenvalue weighted by molar-refractivity contribution is 0.0944. The van der Waals surface area contributed by atoms with Gasteiger partial charge in [-0.25, -0.2) is 0 Å². The van der Waals surface area contributed by atoms with E-state index in [1.165, 1.54) is 10.9 Å². The Morgan fingerprint density at radius 2 is 1.87 bits per heavy atom. The maximum absolute atomic E-state index is 12.5. The monoisotopic (exact) mass is 312 g/mol. The van der Waals surface area contributed by atoms with Crippen molar-refractivity contribution >= 4 is 27.8 Å². The molecular formula is C18H24N4O. The van der Waals surface area contributed by atoms with Gasteiger partial charge in [-0.3, -0.25) is 4.79 Å². The summed E-state index contributed by atoms with van der Waals surface area (Å²) in [5.74, 6) is -0.00784. The van der Waals surface area contributed by atoms with Crippen molar-refractivity contribution in [1.29, 1.82) is 0 Å². The van der Waals surface area contributed by atoms with Crippen molar-refractivity contribution in [1.82, 2.24) is 19.4 Å². The van der Waals surface area contributed by atoms with Crippen LogP contribution in [0.3, 0.4) is 0 Å². The number of aromatic nitrogens is 2. The fraction of sp³-hybridized carbons (Fsp3) is 0.389. The number of carbonyl (C=O) groups is 1. The molecule has 122 valence electrons. The molecule has 0 saturated heterocycles. The van der Waals surface area contributed by atoms with E-state index >= 15 is 0 Å². The van der Waals surface area contributed by atoms with E-state index in [0.717, 1.165) is 24.0 Å². The molecule has 0 unspecified atom stereocenters. The summed E-state index contributed by atoms with van der Waals surface area (Å²) < 4.78 is 4.15. The van der Waals surface area contributed by atoms with Gasteiger partial charge >= 0.3 is 0 Å². The summed E-state index contributed by atoms with van der Waals surface area (Å²) in [5, 5.41) is 4.20. The second-order valence-corrected chi connectivity index (χ2v) is 6.31. The molecule has 0 bridgehead atoms. The first-order valence-electron chi connectivity index (χ1n) is 7.96. The number of nitrogens with zero attached hydrogens (tertiary/aromatic N) is 3. The molecule has 1 N–H and O–H groups in total. The van der Waals surface area contributed by atoms with Crippen LogP contribution in [0, 0.1) is 0 Å². The second kappa shape index (κ2) is 6.08. The molecule has 0 radical (unpaired) electrons. The van der Waals surface area contributed by atoms with E-state index in [9.17, 15) is 4.79 Å². The minimum Gasteiger partial charge on any atom is -0.351 e. The number of benzene rings is 1. The molecule has 23 heavy (non-hydrogen) atoms. The third kappa shape index (κ3) is 2.72. The molecular weight excluding hydrogens is 288 g/mol. The Morgan fingerprint density at radius 1 is 1.13 bits per heavy atom. The van der Waals surface area contributed by atoms with Gasteiger partial charge in [-0.2, -0.15) is 0 Å². The van der Waals surface area contributed by atoms with Crippen LogP contribution in [-0.2, 0) is 14.1 Å². The van der Waals surface area contributed by atoms with E-state index in [0.29, 0.717) is 12.2 Å². The minimum absolute atomic E-state index is 0.00784. The van der Waals surface area contributed by atoms with Gasteiger partial charge in [0.1, 0.15) is 5.69 Å². The van der Waals surface area contributed by atoms with Crippen molar-refractivity contribution in [2.24, 2.45) is 14.1 Å². The summed E-state index contributed by atoms with van der Waals surface area (Å²) in [6.07, 6.45) is 0.950. The minimum atomic E-state index is -0.00784. The molecule has 0 spiro atoms. The Morgan fingerprint density at radius 3 is 2.61 bits per heavy atom. The van der Waals surface area contributed by atoms with Crippen LogP contribution in [0.2, 0.25) is 0 Å². The van der Waals surface area contributed by atoms with Gasteiger partial charge in [0, 0.05) is 26.0 Å². The summed E-state index contributed by atoms with van der Waals surface area (Å²) in [7, 11) is 8.08. The Hall–Kier alpha value is -2.27. The van der Waals surface area contributed by atoms with E-state index in [2.05, 4.69) is 26.9 Å². The number of hydrogen-bond donors (Lipinski definition) is 1.